The summed E-state index contributed by atoms with van der Waals surface area (Å²) in [5.41, 5.74) is 2.51. The van der Waals surface area contributed by atoms with E-state index in [1.807, 2.05) is 6.20 Å². The second-order valence-electron chi connectivity index (χ2n) is 6.58. The number of aryl methyl sites for hydroxylation is 1. The standard InChI is InChI=1S/C17H27N3/c1-3-14-4-6-16(18-11-14)13-19(2)8-9-20-12-15-5-7-17(20)10-15/h4,6,11,15,17H,3,5,7-10,12-13H2,1-2H3/t15-,17+/m1/s1. The number of rotatable bonds is 6. The van der Waals surface area contributed by atoms with Gasteiger partial charge in [0.05, 0.1) is 5.69 Å². The average Bonchev–Trinajstić information content (AvgIpc) is 3.08. The zero-order valence-corrected chi connectivity index (χ0v) is 12.9. The number of likely N-dealkylation sites (N-methyl/N-ethyl adjacent to an activating group) is 1. The van der Waals surface area contributed by atoms with Crippen molar-refractivity contribution in [3.05, 3.63) is 29.6 Å². The van der Waals surface area contributed by atoms with Crippen LogP contribution in [0.1, 0.15) is 37.4 Å². The number of likely N-dealkylation sites (tertiary alicyclic amines) is 1. The third-order valence-corrected chi connectivity index (χ3v) is 5.02. The van der Waals surface area contributed by atoms with Crippen LogP contribution >= 0.6 is 0 Å². The second kappa shape index (κ2) is 6.23. The molecule has 2 heterocycles. The zero-order valence-electron chi connectivity index (χ0n) is 12.9. The number of hydrogen-bond donors (Lipinski definition) is 0. The van der Waals surface area contributed by atoms with Crippen LogP contribution in [0.15, 0.2) is 18.3 Å². The molecular formula is C17H27N3. The van der Waals surface area contributed by atoms with Gasteiger partial charge in [0.25, 0.3) is 0 Å². The highest BCUT2D eigenvalue weighted by atomic mass is 15.2. The largest absolute Gasteiger partial charge is 0.299 e. The molecule has 20 heavy (non-hydrogen) atoms. The number of fused-ring (bicyclic) bond motifs is 2. The summed E-state index contributed by atoms with van der Waals surface area (Å²) in [6.45, 7) is 6.87. The third kappa shape index (κ3) is 3.21. The molecule has 1 aliphatic heterocycles. The first-order chi connectivity index (χ1) is 9.74. The number of nitrogens with zero attached hydrogens (tertiary/aromatic N) is 3. The van der Waals surface area contributed by atoms with Crippen LogP contribution in [0.5, 0.6) is 0 Å². The van der Waals surface area contributed by atoms with Gasteiger partial charge in [-0.25, -0.2) is 0 Å². The summed E-state index contributed by atoms with van der Waals surface area (Å²) in [6, 6.07) is 5.28. The van der Waals surface area contributed by atoms with Crippen molar-refractivity contribution in [2.75, 3.05) is 26.7 Å². The van der Waals surface area contributed by atoms with E-state index >= 15 is 0 Å². The van der Waals surface area contributed by atoms with Gasteiger partial charge in [0.1, 0.15) is 0 Å². The van der Waals surface area contributed by atoms with Crippen molar-refractivity contribution < 1.29 is 0 Å². The molecule has 0 aromatic carbocycles. The van der Waals surface area contributed by atoms with Crippen LogP contribution in [0.25, 0.3) is 0 Å². The summed E-state index contributed by atoms with van der Waals surface area (Å²) in [5, 5.41) is 0. The van der Waals surface area contributed by atoms with Gasteiger partial charge in [-0.3, -0.25) is 14.8 Å². The Morgan fingerprint density at radius 2 is 2.25 bits per heavy atom. The van der Waals surface area contributed by atoms with Gasteiger partial charge >= 0.3 is 0 Å². The summed E-state index contributed by atoms with van der Waals surface area (Å²) in [5.74, 6) is 1.01. The van der Waals surface area contributed by atoms with Crippen LogP contribution in [0.4, 0.5) is 0 Å². The molecule has 3 rings (SSSR count). The van der Waals surface area contributed by atoms with Crippen molar-refractivity contribution in [1.29, 1.82) is 0 Å². The SMILES string of the molecule is CCc1ccc(CN(C)CCN2C[C@@H]3CC[C@H]2C3)nc1. The summed E-state index contributed by atoms with van der Waals surface area (Å²) < 4.78 is 0. The second-order valence-corrected chi connectivity index (χ2v) is 6.58. The molecule has 110 valence electrons. The van der Waals surface area contributed by atoms with E-state index in [9.17, 15) is 0 Å². The Morgan fingerprint density at radius 3 is 2.85 bits per heavy atom. The highest BCUT2D eigenvalue weighted by Gasteiger charge is 2.37. The fourth-order valence-corrected chi connectivity index (χ4v) is 3.71. The predicted molar refractivity (Wildman–Crippen MR) is 82.7 cm³/mol. The van der Waals surface area contributed by atoms with E-state index in [-0.39, 0.29) is 0 Å². The highest BCUT2D eigenvalue weighted by molar-refractivity contribution is 5.13. The molecule has 3 heteroatoms. The Kier molecular flexibility index (Phi) is 4.37. The Morgan fingerprint density at radius 1 is 1.35 bits per heavy atom. The van der Waals surface area contributed by atoms with Gasteiger partial charge in [-0.1, -0.05) is 13.0 Å². The molecule has 1 aromatic heterocycles. The lowest BCUT2D eigenvalue weighted by atomic mass is 10.1. The van der Waals surface area contributed by atoms with Crippen LogP contribution in [-0.4, -0.2) is 47.5 Å². The minimum absolute atomic E-state index is 0.898. The molecule has 2 fully saturated rings. The van der Waals surface area contributed by atoms with Crippen molar-refractivity contribution in [2.24, 2.45) is 5.92 Å². The molecule has 0 amide bonds. The van der Waals surface area contributed by atoms with Gasteiger partial charge in [-0.2, -0.15) is 0 Å². The Bertz CT molecular complexity index is 428. The van der Waals surface area contributed by atoms with Crippen molar-refractivity contribution >= 4 is 0 Å². The molecule has 2 bridgehead atoms. The fourth-order valence-electron chi connectivity index (χ4n) is 3.71. The van der Waals surface area contributed by atoms with Crippen molar-refractivity contribution in [1.82, 2.24) is 14.8 Å². The molecule has 1 saturated carbocycles. The molecule has 1 aromatic rings. The Labute approximate surface area is 123 Å². The summed E-state index contributed by atoms with van der Waals surface area (Å²) in [6.07, 6.45) is 7.46. The maximum absolute atomic E-state index is 4.55. The molecule has 0 unspecified atom stereocenters. The van der Waals surface area contributed by atoms with E-state index in [1.54, 1.807) is 0 Å². The lowest BCUT2D eigenvalue weighted by Crippen LogP contribution is -2.38. The van der Waals surface area contributed by atoms with Gasteiger partial charge < -0.3 is 0 Å². The minimum Gasteiger partial charge on any atom is -0.299 e. The number of hydrogen-bond acceptors (Lipinski definition) is 3. The topological polar surface area (TPSA) is 19.4 Å². The monoisotopic (exact) mass is 273 g/mol. The highest BCUT2D eigenvalue weighted by Crippen LogP contribution is 2.36. The first-order valence-electron chi connectivity index (χ1n) is 8.11. The molecule has 1 aliphatic carbocycles. The number of piperidine rings is 1. The molecule has 0 N–H and O–H groups in total. The minimum atomic E-state index is 0.898. The zero-order chi connectivity index (χ0) is 13.9. The van der Waals surface area contributed by atoms with E-state index in [0.29, 0.717) is 0 Å². The first kappa shape index (κ1) is 14.0. The Balaban J connectivity index is 1.43. The van der Waals surface area contributed by atoms with Gasteiger partial charge in [-0.15, -0.1) is 0 Å². The average molecular weight is 273 g/mol. The molecule has 0 radical (unpaired) electrons. The fraction of sp³-hybridized carbons (Fsp3) is 0.706. The van der Waals surface area contributed by atoms with E-state index in [0.717, 1.165) is 31.5 Å². The van der Waals surface area contributed by atoms with Crippen molar-refractivity contribution in [3.63, 3.8) is 0 Å². The molecule has 1 saturated heterocycles. The third-order valence-electron chi connectivity index (χ3n) is 5.02. The smallest absolute Gasteiger partial charge is 0.0544 e. The first-order valence-corrected chi connectivity index (χ1v) is 8.11. The maximum Gasteiger partial charge on any atom is 0.0544 e. The van der Waals surface area contributed by atoms with Crippen molar-refractivity contribution in [2.45, 2.75) is 45.2 Å². The number of aromatic nitrogens is 1. The summed E-state index contributed by atoms with van der Waals surface area (Å²) >= 11 is 0. The number of pyridine rings is 1. The lowest BCUT2D eigenvalue weighted by molar-refractivity contribution is 0.181. The predicted octanol–water partition coefficient (Wildman–Crippen LogP) is 2.56. The van der Waals surface area contributed by atoms with E-state index in [2.05, 4.69) is 40.9 Å². The van der Waals surface area contributed by atoms with Gasteiger partial charge in [-0.05, 0) is 50.3 Å². The van der Waals surface area contributed by atoms with Crippen LogP contribution in [-0.2, 0) is 13.0 Å². The summed E-state index contributed by atoms with van der Waals surface area (Å²) in [4.78, 5) is 9.66. The van der Waals surface area contributed by atoms with Crippen LogP contribution in [0.2, 0.25) is 0 Å². The lowest BCUT2D eigenvalue weighted by Gasteiger charge is -2.28. The quantitative estimate of drug-likeness (QED) is 0.794. The van der Waals surface area contributed by atoms with Crippen LogP contribution in [0.3, 0.4) is 0 Å². The van der Waals surface area contributed by atoms with E-state index in [4.69, 9.17) is 0 Å². The normalized spacial score (nSPS) is 25.8. The Hall–Kier alpha value is -0.930. The molecular weight excluding hydrogens is 246 g/mol. The van der Waals surface area contributed by atoms with E-state index in [1.165, 1.54) is 43.6 Å². The van der Waals surface area contributed by atoms with Crippen LogP contribution in [0, 0.1) is 5.92 Å². The van der Waals surface area contributed by atoms with Crippen molar-refractivity contribution in [3.8, 4) is 0 Å². The maximum atomic E-state index is 4.55. The van der Waals surface area contributed by atoms with Gasteiger partial charge in [0.2, 0.25) is 0 Å². The molecule has 3 nitrogen and oxygen atoms in total. The van der Waals surface area contributed by atoms with E-state index < -0.39 is 0 Å². The summed E-state index contributed by atoms with van der Waals surface area (Å²) in [7, 11) is 2.21. The van der Waals surface area contributed by atoms with Gasteiger partial charge in [0, 0.05) is 38.4 Å². The molecule has 2 atom stereocenters. The molecule has 2 aliphatic rings. The molecule has 0 spiro atoms. The van der Waals surface area contributed by atoms with Gasteiger partial charge in [0.15, 0.2) is 0 Å². The van der Waals surface area contributed by atoms with Crippen LogP contribution < -0.4 is 0 Å².